The Bertz CT molecular complexity index is 162. The van der Waals surface area contributed by atoms with E-state index >= 15 is 0 Å². The van der Waals surface area contributed by atoms with E-state index in [0.29, 0.717) is 5.92 Å². The van der Waals surface area contributed by atoms with Crippen molar-refractivity contribution >= 4 is 0 Å². The number of rotatable bonds is 5. The molecule has 1 fully saturated rings. The second kappa shape index (κ2) is 6.49. The van der Waals surface area contributed by atoms with Crippen LogP contribution in [-0.2, 0) is 0 Å². The van der Waals surface area contributed by atoms with Gasteiger partial charge < -0.3 is 10.2 Å². The van der Waals surface area contributed by atoms with Crippen LogP contribution < -0.4 is 0 Å². The minimum absolute atomic E-state index is 0.342. The van der Waals surface area contributed by atoms with Crippen molar-refractivity contribution in [3.63, 3.8) is 0 Å². The Morgan fingerprint density at radius 2 is 1.67 bits per heavy atom. The van der Waals surface area contributed by atoms with Gasteiger partial charge in [-0.05, 0) is 31.1 Å². The fourth-order valence-corrected chi connectivity index (χ4v) is 2.72. The van der Waals surface area contributed by atoms with E-state index in [0.717, 1.165) is 31.6 Å². The number of hydrogen-bond acceptors (Lipinski definition) is 2. The van der Waals surface area contributed by atoms with Gasteiger partial charge in [-0.1, -0.05) is 39.5 Å². The standard InChI is InChI=1S/C13H26O2/c1-3-5-12(14)13(15)11-8-6-10(4-2)7-9-11/h10-15H,3-9H2,1-2H3. The lowest BCUT2D eigenvalue weighted by Crippen LogP contribution is -2.35. The van der Waals surface area contributed by atoms with Crippen LogP contribution in [0.2, 0.25) is 0 Å². The molecule has 2 heteroatoms. The van der Waals surface area contributed by atoms with E-state index in [4.69, 9.17) is 0 Å². The van der Waals surface area contributed by atoms with Crippen LogP contribution in [-0.4, -0.2) is 22.4 Å². The Morgan fingerprint density at radius 3 is 2.13 bits per heavy atom. The molecule has 0 aromatic heterocycles. The fourth-order valence-electron chi connectivity index (χ4n) is 2.72. The summed E-state index contributed by atoms with van der Waals surface area (Å²) in [5.74, 6) is 1.20. The molecule has 2 atom stereocenters. The lowest BCUT2D eigenvalue weighted by Gasteiger charge is -2.33. The third-order valence-electron chi connectivity index (χ3n) is 3.93. The van der Waals surface area contributed by atoms with Crippen LogP contribution in [0, 0.1) is 11.8 Å². The van der Waals surface area contributed by atoms with Crippen LogP contribution in [0.5, 0.6) is 0 Å². The third-order valence-corrected chi connectivity index (χ3v) is 3.93. The topological polar surface area (TPSA) is 40.5 Å². The highest BCUT2D eigenvalue weighted by molar-refractivity contribution is 4.80. The van der Waals surface area contributed by atoms with Crippen molar-refractivity contribution in [1.82, 2.24) is 0 Å². The summed E-state index contributed by atoms with van der Waals surface area (Å²) in [7, 11) is 0. The SMILES string of the molecule is CCCC(O)C(O)C1CCC(CC)CC1. The molecule has 15 heavy (non-hydrogen) atoms. The van der Waals surface area contributed by atoms with Gasteiger partial charge >= 0.3 is 0 Å². The number of aliphatic hydroxyl groups excluding tert-OH is 2. The van der Waals surface area contributed by atoms with Crippen molar-refractivity contribution in [3.8, 4) is 0 Å². The van der Waals surface area contributed by atoms with E-state index in [1.54, 1.807) is 0 Å². The molecule has 1 saturated carbocycles. The second-order valence-electron chi connectivity index (χ2n) is 5.04. The smallest absolute Gasteiger partial charge is 0.0827 e. The molecule has 0 aromatic rings. The first-order valence-electron chi connectivity index (χ1n) is 6.55. The lowest BCUT2D eigenvalue weighted by atomic mass is 9.77. The summed E-state index contributed by atoms with van der Waals surface area (Å²) in [5, 5.41) is 19.7. The monoisotopic (exact) mass is 214 g/mol. The van der Waals surface area contributed by atoms with Crippen LogP contribution >= 0.6 is 0 Å². The van der Waals surface area contributed by atoms with Gasteiger partial charge in [0.2, 0.25) is 0 Å². The zero-order chi connectivity index (χ0) is 11.3. The zero-order valence-electron chi connectivity index (χ0n) is 10.2. The van der Waals surface area contributed by atoms with Crippen LogP contribution in [0.15, 0.2) is 0 Å². The molecule has 0 aliphatic heterocycles. The molecule has 2 nitrogen and oxygen atoms in total. The summed E-state index contributed by atoms with van der Waals surface area (Å²) >= 11 is 0. The maximum atomic E-state index is 9.98. The molecule has 0 saturated heterocycles. The Morgan fingerprint density at radius 1 is 1.07 bits per heavy atom. The summed E-state index contributed by atoms with van der Waals surface area (Å²) in [6, 6.07) is 0. The maximum Gasteiger partial charge on any atom is 0.0827 e. The zero-order valence-corrected chi connectivity index (χ0v) is 10.2. The van der Waals surface area contributed by atoms with Crippen molar-refractivity contribution in [2.75, 3.05) is 0 Å². The maximum absolute atomic E-state index is 9.98. The van der Waals surface area contributed by atoms with Crippen LogP contribution in [0.1, 0.15) is 58.8 Å². The summed E-state index contributed by atoms with van der Waals surface area (Å²) < 4.78 is 0. The van der Waals surface area contributed by atoms with E-state index in [-0.39, 0.29) is 0 Å². The summed E-state index contributed by atoms with van der Waals surface area (Å²) in [6.07, 6.45) is 6.62. The van der Waals surface area contributed by atoms with Crippen molar-refractivity contribution in [1.29, 1.82) is 0 Å². The van der Waals surface area contributed by atoms with Gasteiger partial charge in [0.15, 0.2) is 0 Å². The van der Waals surface area contributed by atoms with Gasteiger partial charge in [-0.25, -0.2) is 0 Å². The van der Waals surface area contributed by atoms with Gasteiger partial charge in [-0.2, -0.15) is 0 Å². The Labute approximate surface area is 93.7 Å². The molecule has 2 unspecified atom stereocenters. The predicted octanol–water partition coefficient (Wildman–Crippen LogP) is 2.72. The van der Waals surface area contributed by atoms with E-state index in [1.165, 1.54) is 19.3 Å². The molecule has 1 rings (SSSR count). The lowest BCUT2D eigenvalue weighted by molar-refractivity contribution is -0.0345. The Hall–Kier alpha value is -0.0800. The van der Waals surface area contributed by atoms with Gasteiger partial charge in [0.25, 0.3) is 0 Å². The number of aliphatic hydroxyl groups is 2. The van der Waals surface area contributed by atoms with Crippen molar-refractivity contribution in [3.05, 3.63) is 0 Å². The average molecular weight is 214 g/mol. The summed E-state index contributed by atoms with van der Waals surface area (Å²) in [4.78, 5) is 0. The first kappa shape index (κ1) is 13.0. The van der Waals surface area contributed by atoms with Crippen LogP contribution in [0.4, 0.5) is 0 Å². The molecule has 0 aromatic carbocycles. The van der Waals surface area contributed by atoms with Crippen LogP contribution in [0.25, 0.3) is 0 Å². The molecule has 2 N–H and O–H groups in total. The molecule has 1 aliphatic carbocycles. The van der Waals surface area contributed by atoms with Gasteiger partial charge in [0.1, 0.15) is 0 Å². The molecule has 90 valence electrons. The predicted molar refractivity (Wildman–Crippen MR) is 62.7 cm³/mol. The van der Waals surface area contributed by atoms with Crippen LogP contribution in [0.3, 0.4) is 0 Å². The average Bonchev–Trinajstić information content (AvgIpc) is 2.28. The molecular weight excluding hydrogens is 188 g/mol. The van der Waals surface area contributed by atoms with Gasteiger partial charge in [-0.3, -0.25) is 0 Å². The van der Waals surface area contributed by atoms with E-state index < -0.39 is 12.2 Å². The molecule has 0 radical (unpaired) electrons. The minimum Gasteiger partial charge on any atom is -0.390 e. The third kappa shape index (κ3) is 3.76. The molecule has 0 amide bonds. The Kier molecular flexibility index (Phi) is 5.62. The molecule has 0 heterocycles. The largest absolute Gasteiger partial charge is 0.390 e. The van der Waals surface area contributed by atoms with Gasteiger partial charge in [0, 0.05) is 0 Å². The molecule has 0 spiro atoms. The first-order valence-corrected chi connectivity index (χ1v) is 6.55. The minimum atomic E-state index is -0.502. The Balaban J connectivity index is 2.32. The summed E-state index contributed by atoms with van der Waals surface area (Å²) in [6.45, 7) is 4.29. The van der Waals surface area contributed by atoms with Crippen molar-refractivity contribution < 1.29 is 10.2 Å². The highest BCUT2D eigenvalue weighted by atomic mass is 16.3. The second-order valence-corrected chi connectivity index (χ2v) is 5.04. The molecule has 1 aliphatic rings. The van der Waals surface area contributed by atoms with Gasteiger partial charge in [0.05, 0.1) is 12.2 Å². The fraction of sp³-hybridized carbons (Fsp3) is 1.00. The molecule has 0 bridgehead atoms. The first-order chi connectivity index (χ1) is 7.19. The van der Waals surface area contributed by atoms with E-state index in [9.17, 15) is 10.2 Å². The molecular formula is C13H26O2. The quantitative estimate of drug-likeness (QED) is 0.738. The highest BCUT2D eigenvalue weighted by Gasteiger charge is 2.29. The van der Waals surface area contributed by atoms with Crippen molar-refractivity contribution in [2.24, 2.45) is 11.8 Å². The highest BCUT2D eigenvalue weighted by Crippen LogP contribution is 2.33. The van der Waals surface area contributed by atoms with Gasteiger partial charge in [-0.15, -0.1) is 0 Å². The van der Waals surface area contributed by atoms with E-state index in [2.05, 4.69) is 6.92 Å². The summed E-state index contributed by atoms with van der Waals surface area (Å²) in [5.41, 5.74) is 0. The number of hydrogen-bond donors (Lipinski definition) is 2. The van der Waals surface area contributed by atoms with Crippen molar-refractivity contribution in [2.45, 2.75) is 71.0 Å². The van der Waals surface area contributed by atoms with E-state index in [1.807, 2.05) is 6.92 Å². The normalized spacial score (nSPS) is 31.2.